The predicted molar refractivity (Wildman–Crippen MR) is 84.5 cm³/mol. The van der Waals surface area contributed by atoms with Gasteiger partial charge in [0.05, 0.1) is 19.8 Å². The van der Waals surface area contributed by atoms with Crippen molar-refractivity contribution >= 4 is 0 Å². The van der Waals surface area contributed by atoms with E-state index in [-0.39, 0.29) is 6.10 Å². The van der Waals surface area contributed by atoms with E-state index < -0.39 is 6.04 Å². The van der Waals surface area contributed by atoms with E-state index in [4.69, 9.17) is 19.9 Å². The molecule has 1 aliphatic rings. The molecule has 0 saturated carbocycles. The van der Waals surface area contributed by atoms with Crippen molar-refractivity contribution in [2.75, 3.05) is 20.3 Å². The zero-order valence-electron chi connectivity index (χ0n) is 13.4. The van der Waals surface area contributed by atoms with Crippen LogP contribution in [0.1, 0.15) is 49.1 Å². The third-order valence-electron chi connectivity index (χ3n) is 3.88. The molecular formula is C16H22N4O3. The van der Waals surface area contributed by atoms with E-state index in [1.807, 2.05) is 25.1 Å². The molecule has 0 radical (unpaired) electrons. The SMILES string of the molecule is CCOc1cc(C(N)c2n[nH]c(C3CCCO3)n2)ccc1OC. The first-order valence-electron chi connectivity index (χ1n) is 7.83. The van der Waals surface area contributed by atoms with Crippen molar-refractivity contribution in [1.29, 1.82) is 0 Å². The fourth-order valence-corrected chi connectivity index (χ4v) is 2.67. The van der Waals surface area contributed by atoms with E-state index in [9.17, 15) is 0 Å². The number of ether oxygens (including phenoxy) is 3. The Hall–Kier alpha value is -2.12. The first-order chi connectivity index (χ1) is 11.2. The minimum atomic E-state index is -0.438. The Balaban J connectivity index is 1.82. The average Bonchev–Trinajstić information content (AvgIpc) is 3.25. The smallest absolute Gasteiger partial charge is 0.171 e. The topological polar surface area (TPSA) is 95.3 Å². The number of hydrogen-bond acceptors (Lipinski definition) is 6. The molecule has 0 amide bonds. The fourth-order valence-electron chi connectivity index (χ4n) is 2.67. The summed E-state index contributed by atoms with van der Waals surface area (Å²) in [6.45, 7) is 3.25. The van der Waals surface area contributed by atoms with E-state index >= 15 is 0 Å². The quantitative estimate of drug-likeness (QED) is 0.847. The molecule has 1 saturated heterocycles. The molecule has 2 atom stereocenters. The molecule has 3 rings (SSSR count). The lowest BCUT2D eigenvalue weighted by molar-refractivity contribution is 0.105. The van der Waals surface area contributed by atoms with Crippen LogP contribution in [0.4, 0.5) is 0 Å². The van der Waals surface area contributed by atoms with Crippen LogP contribution >= 0.6 is 0 Å². The van der Waals surface area contributed by atoms with Crippen molar-refractivity contribution in [3.05, 3.63) is 35.4 Å². The van der Waals surface area contributed by atoms with Gasteiger partial charge in [0, 0.05) is 6.61 Å². The molecule has 3 N–H and O–H groups in total. The molecule has 0 bridgehead atoms. The number of rotatable bonds is 6. The summed E-state index contributed by atoms with van der Waals surface area (Å²) in [5.74, 6) is 2.63. The van der Waals surface area contributed by atoms with Gasteiger partial charge in [0.1, 0.15) is 6.10 Å². The third kappa shape index (κ3) is 3.30. The minimum absolute atomic E-state index is 0.00157. The first-order valence-corrected chi connectivity index (χ1v) is 7.83. The van der Waals surface area contributed by atoms with Crippen molar-refractivity contribution in [1.82, 2.24) is 15.2 Å². The number of aromatic amines is 1. The van der Waals surface area contributed by atoms with Gasteiger partial charge in [-0.1, -0.05) is 6.07 Å². The van der Waals surface area contributed by atoms with Gasteiger partial charge in [-0.15, -0.1) is 0 Å². The van der Waals surface area contributed by atoms with Gasteiger partial charge in [-0.2, -0.15) is 5.10 Å². The van der Waals surface area contributed by atoms with Crippen LogP contribution in [0.15, 0.2) is 18.2 Å². The van der Waals surface area contributed by atoms with Gasteiger partial charge in [0.2, 0.25) is 0 Å². The molecular weight excluding hydrogens is 296 g/mol. The second kappa shape index (κ2) is 6.97. The Bertz CT molecular complexity index is 653. The van der Waals surface area contributed by atoms with Gasteiger partial charge in [-0.05, 0) is 37.5 Å². The number of nitrogens with zero attached hydrogens (tertiary/aromatic N) is 2. The van der Waals surface area contributed by atoms with Crippen molar-refractivity contribution in [3.63, 3.8) is 0 Å². The normalized spacial score (nSPS) is 18.8. The highest BCUT2D eigenvalue weighted by atomic mass is 16.5. The molecule has 7 heteroatoms. The van der Waals surface area contributed by atoms with E-state index in [1.165, 1.54) is 0 Å². The van der Waals surface area contributed by atoms with Crippen LogP contribution in [0.5, 0.6) is 11.5 Å². The van der Waals surface area contributed by atoms with Crippen molar-refractivity contribution in [2.24, 2.45) is 5.73 Å². The van der Waals surface area contributed by atoms with E-state index in [0.29, 0.717) is 23.9 Å². The molecule has 23 heavy (non-hydrogen) atoms. The van der Waals surface area contributed by atoms with Crippen molar-refractivity contribution in [3.8, 4) is 11.5 Å². The number of aromatic nitrogens is 3. The van der Waals surface area contributed by atoms with Gasteiger partial charge in [-0.25, -0.2) is 4.98 Å². The number of hydrogen-bond donors (Lipinski definition) is 2. The molecule has 2 aromatic rings. The summed E-state index contributed by atoms with van der Waals surface area (Å²) in [7, 11) is 1.61. The number of methoxy groups -OCH3 is 1. The van der Waals surface area contributed by atoms with Gasteiger partial charge in [-0.3, -0.25) is 5.10 Å². The summed E-state index contributed by atoms with van der Waals surface area (Å²) < 4.78 is 16.5. The average molecular weight is 318 g/mol. The fraction of sp³-hybridized carbons (Fsp3) is 0.500. The lowest BCUT2D eigenvalue weighted by atomic mass is 10.1. The molecule has 0 spiro atoms. The van der Waals surface area contributed by atoms with Gasteiger partial charge >= 0.3 is 0 Å². The molecule has 2 unspecified atom stereocenters. The summed E-state index contributed by atoms with van der Waals surface area (Å²) in [4.78, 5) is 4.50. The maximum Gasteiger partial charge on any atom is 0.171 e. The molecule has 7 nitrogen and oxygen atoms in total. The largest absolute Gasteiger partial charge is 0.493 e. The number of benzene rings is 1. The Kier molecular flexibility index (Phi) is 4.78. The van der Waals surface area contributed by atoms with Gasteiger partial charge in [0.15, 0.2) is 23.1 Å². The van der Waals surface area contributed by atoms with Crippen LogP contribution in [0.2, 0.25) is 0 Å². The maximum atomic E-state index is 6.30. The van der Waals surface area contributed by atoms with Gasteiger partial charge < -0.3 is 19.9 Å². The van der Waals surface area contributed by atoms with Crippen molar-refractivity contribution in [2.45, 2.75) is 31.9 Å². The molecule has 1 aromatic carbocycles. The number of H-pyrrole nitrogens is 1. The summed E-state index contributed by atoms with van der Waals surface area (Å²) in [6, 6.07) is 5.17. The van der Waals surface area contributed by atoms with E-state index in [0.717, 1.165) is 30.8 Å². The Morgan fingerprint density at radius 3 is 3.00 bits per heavy atom. The van der Waals surface area contributed by atoms with E-state index in [1.54, 1.807) is 7.11 Å². The van der Waals surface area contributed by atoms with E-state index in [2.05, 4.69) is 15.2 Å². The molecule has 1 fully saturated rings. The van der Waals surface area contributed by atoms with Gasteiger partial charge in [0.25, 0.3) is 0 Å². The van der Waals surface area contributed by atoms with Crippen LogP contribution in [0.3, 0.4) is 0 Å². The Morgan fingerprint density at radius 1 is 1.43 bits per heavy atom. The van der Waals surface area contributed by atoms with Crippen LogP contribution in [0, 0.1) is 0 Å². The third-order valence-corrected chi connectivity index (χ3v) is 3.88. The zero-order valence-corrected chi connectivity index (χ0v) is 13.4. The van der Waals surface area contributed by atoms with Crippen LogP contribution < -0.4 is 15.2 Å². The molecule has 124 valence electrons. The minimum Gasteiger partial charge on any atom is -0.493 e. The second-order valence-corrected chi connectivity index (χ2v) is 5.40. The molecule has 0 aliphatic carbocycles. The summed E-state index contributed by atoms with van der Waals surface area (Å²) >= 11 is 0. The molecule has 1 aromatic heterocycles. The lowest BCUT2D eigenvalue weighted by Crippen LogP contribution is -2.14. The highest BCUT2D eigenvalue weighted by Gasteiger charge is 2.23. The molecule has 1 aliphatic heterocycles. The van der Waals surface area contributed by atoms with Crippen LogP contribution in [0.25, 0.3) is 0 Å². The predicted octanol–water partition coefficient (Wildman–Crippen LogP) is 2.11. The standard InChI is InChI=1S/C16H22N4O3/c1-3-22-13-9-10(6-7-11(13)21-2)14(17)16-18-15(19-20-16)12-5-4-8-23-12/h6-7,9,12,14H,3-5,8,17H2,1-2H3,(H,18,19,20). The lowest BCUT2D eigenvalue weighted by Gasteiger charge is -2.13. The summed E-state index contributed by atoms with van der Waals surface area (Å²) in [6.07, 6.45) is 2.00. The highest BCUT2D eigenvalue weighted by molar-refractivity contribution is 5.44. The highest BCUT2D eigenvalue weighted by Crippen LogP contribution is 2.32. The van der Waals surface area contributed by atoms with Crippen molar-refractivity contribution < 1.29 is 14.2 Å². The summed E-state index contributed by atoms with van der Waals surface area (Å²) in [5.41, 5.74) is 7.17. The van der Waals surface area contributed by atoms with Crippen LogP contribution in [-0.4, -0.2) is 35.5 Å². The number of nitrogens with one attached hydrogen (secondary N) is 1. The first kappa shape index (κ1) is 15.8. The number of nitrogens with two attached hydrogens (primary N) is 1. The Labute approximate surface area is 135 Å². The molecule has 2 heterocycles. The Morgan fingerprint density at radius 2 is 2.30 bits per heavy atom. The van der Waals surface area contributed by atoms with Crippen LogP contribution in [-0.2, 0) is 4.74 Å². The second-order valence-electron chi connectivity index (χ2n) is 5.40. The maximum absolute atomic E-state index is 6.30. The zero-order chi connectivity index (χ0) is 16.2. The monoisotopic (exact) mass is 318 g/mol. The summed E-state index contributed by atoms with van der Waals surface area (Å²) in [5, 5.41) is 7.18.